The second-order valence-electron chi connectivity index (χ2n) is 7.15. The number of hydrogen-bond donors (Lipinski definition) is 2. The molecule has 0 radical (unpaired) electrons. The van der Waals surface area contributed by atoms with Crippen molar-refractivity contribution in [3.63, 3.8) is 0 Å². The molecule has 33 heavy (non-hydrogen) atoms. The molecule has 1 atom stereocenters. The lowest BCUT2D eigenvalue weighted by Crippen LogP contribution is -2.34. The number of pyridine rings is 1. The number of hydrogen-bond acceptors (Lipinski definition) is 7. The molecule has 2 amide bonds. The number of thiophene rings is 1. The Kier molecular flexibility index (Phi) is 6.68. The van der Waals surface area contributed by atoms with Crippen LogP contribution in [0.25, 0.3) is 5.69 Å². The molecule has 172 valence electrons. The van der Waals surface area contributed by atoms with E-state index in [1.165, 1.54) is 27.9 Å². The van der Waals surface area contributed by atoms with Crippen molar-refractivity contribution in [2.75, 3.05) is 25.1 Å². The van der Waals surface area contributed by atoms with Gasteiger partial charge in [-0.3, -0.25) is 19.1 Å². The molecule has 4 rings (SSSR count). The van der Waals surface area contributed by atoms with Crippen molar-refractivity contribution in [3.05, 3.63) is 73.8 Å². The third-order valence-corrected chi connectivity index (χ3v) is 6.32. The number of rotatable bonds is 7. The summed E-state index contributed by atoms with van der Waals surface area (Å²) in [6, 6.07) is 11.4. The normalized spacial score (nSPS) is 15.4. The lowest BCUT2D eigenvalue weighted by molar-refractivity contribution is 0.0920. The van der Waals surface area contributed by atoms with Crippen LogP contribution < -0.4 is 20.5 Å². The Morgan fingerprint density at radius 3 is 2.82 bits per heavy atom. The number of cyclic esters (lactones) is 1. The van der Waals surface area contributed by atoms with Crippen LogP contribution >= 0.6 is 22.9 Å². The number of ether oxygens (including phenoxy) is 2. The fraction of sp³-hybridized carbons (Fsp3) is 0.227. The zero-order valence-corrected chi connectivity index (χ0v) is 19.1. The Balaban J connectivity index is 1.49. The SMILES string of the molecule is COc1cc(N2C[C@H](CNC(=O)c3ccc(Cl)s3)OC2=O)ccc1-n1cccc(CO)c1=O. The van der Waals surface area contributed by atoms with Crippen LogP contribution in [-0.4, -0.2) is 48.0 Å². The zero-order chi connectivity index (χ0) is 23.5. The molecule has 2 N–H and O–H groups in total. The van der Waals surface area contributed by atoms with E-state index in [1.807, 2.05) is 0 Å². The van der Waals surface area contributed by atoms with E-state index in [2.05, 4.69) is 5.32 Å². The summed E-state index contributed by atoms with van der Waals surface area (Å²) in [4.78, 5) is 39.1. The highest BCUT2D eigenvalue weighted by atomic mass is 35.5. The molecule has 1 fully saturated rings. The maximum absolute atomic E-state index is 12.6. The summed E-state index contributed by atoms with van der Waals surface area (Å²) in [6.45, 7) is -0.000938. The third kappa shape index (κ3) is 4.72. The maximum Gasteiger partial charge on any atom is 0.414 e. The molecule has 2 aromatic heterocycles. The van der Waals surface area contributed by atoms with Crippen LogP contribution in [0.4, 0.5) is 10.5 Å². The van der Waals surface area contributed by atoms with Gasteiger partial charge in [0, 0.05) is 17.8 Å². The van der Waals surface area contributed by atoms with Crippen molar-refractivity contribution < 1.29 is 24.2 Å². The fourth-order valence-corrected chi connectivity index (χ4v) is 4.41. The van der Waals surface area contributed by atoms with Gasteiger partial charge in [0.25, 0.3) is 11.5 Å². The molecular weight excluding hydrogens is 470 g/mol. The average Bonchev–Trinajstić information content (AvgIpc) is 3.42. The van der Waals surface area contributed by atoms with Gasteiger partial charge in [0.15, 0.2) is 0 Å². The predicted octanol–water partition coefficient (Wildman–Crippen LogP) is 2.81. The topological polar surface area (TPSA) is 110 Å². The summed E-state index contributed by atoms with van der Waals surface area (Å²) in [5, 5.41) is 12.1. The van der Waals surface area contributed by atoms with Crippen LogP contribution in [0.1, 0.15) is 15.2 Å². The number of halogens is 1. The lowest BCUT2D eigenvalue weighted by Gasteiger charge is -2.17. The molecule has 0 spiro atoms. The van der Waals surface area contributed by atoms with Crippen molar-refractivity contribution >= 4 is 40.6 Å². The number of nitrogens with zero attached hydrogens (tertiary/aromatic N) is 2. The average molecular weight is 490 g/mol. The van der Waals surface area contributed by atoms with Gasteiger partial charge in [-0.2, -0.15) is 0 Å². The van der Waals surface area contributed by atoms with Gasteiger partial charge in [0.05, 0.1) is 47.4 Å². The summed E-state index contributed by atoms with van der Waals surface area (Å²) in [6.07, 6.45) is 0.483. The summed E-state index contributed by atoms with van der Waals surface area (Å²) in [7, 11) is 1.46. The van der Waals surface area contributed by atoms with E-state index < -0.39 is 12.2 Å². The zero-order valence-electron chi connectivity index (χ0n) is 17.5. The molecule has 0 unspecified atom stereocenters. The lowest BCUT2D eigenvalue weighted by atomic mass is 10.2. The van der Waals surface area contributed by atoms with Crippen molar-refractivity contribution in [1.82, 2.24) is 9.88 Å². The fourth-order valence-electron chi connectivity index (χ4n) is 3.45. The number of amides is 2. The highest BCUT2D eigenvalue weighted by Crippen LogP contribution is 2.30. The second-order valence-corrected chi connectivity index (χ2v) is 8.87. The second kappa shape index (κ2) is 9.65. The van der Waals surface area contributed by atoms with Gasteiger partial charge in [-0.05, 0) is 36.4 Å². The van der Waals surface area contributed by atoms with Crippen LogP contribution in [0.15, 0.2) is 53.5 Å². The van der Waals surface area contributed by atoms with Gasteiger partial charge < -0.3 is 19.9 Å². The van der Waals surface area contributed by atoms with Gasteiger partial charge in [-0.1, -0.05) is 11.6 Å². The molecule has 1 aliphatic heterocycles. The Bertz CT molecular complexity index is 1260. The highest BCUT2D eigenvalue weighted by molar-refractivity contribution is 7.18. The Morgan fingerprint density at radius 1 is 1.30 bits per heavy atom. The van der Waals surface area contributed by atoms with Crippen molar-refractivity contribution in [2.45, 2.75) is 12.7 Å². The monoisotopic (exact) mass is 489 g/mol. The number of aromatic nitrogens is 1. The third-order valence-electron chi connectivity index (χ3n) is 5.09. The molecule has 3 heterocycles. The molecule has 1 aliphatic rings. The molecule has 9 nitrogen and oxygen atoms in total. The van der Waals surface area contributed by atoms with Crippen LogP contribution in [0.5, 0.6) is 5.75 Å². The Hall–Kier alpha value is -3.34. The first-order valence-electron chi connectivity index (χ1n) is 9.92. The van der Waals surface area contributed by atoms with Crippen LogP contribution in [0.2, 0.25) is 4.34 Å². The Morgan fingerprint density at radius 2 is 2.12 bits per heavy atom. The van der Waals surface area contributed by atoms with Crippen LogP contribution in [-0.2, 0) is 11.3 Å². The molecule has 1 saturated heterocycles. The van der Waals surface area contributed by atoms with Gasteiger partial charge in [0.2, 0.25) is 0 Å². The Labute approximate surface area is 197 Å². The highest BCUT2D eigenvalue weighted by Gasteiger charge is 2.33. The standard InChI is InChI=1S/C22H20ClN3O6S/c1-31-17-9-14(4-5-16(17)25-8-2-3-13(12-27)21(25)29)26-11-15(32-22(26)30)10-24-20(28)18-6-7-19(23)33-18/h2-9,15,27H,10-12H2,1H3,(H,24,28)/t15-/m0/s1. The van der Waals surface area contributed by atoms with Crippen LogP contribution in [0, 0.1) is 0 Å². The van der Waals surface area contributed by atoms with E-state index in [0.29, 0.717) is 26.3 Å². The number of benzene rings is 1. The van der Waals surface area contributed by atoms with E-state index in [-0.39, 0.29) is 36.7 Å². The van der Waals surface area contributed by atoms with Gasteiger partial charge in [-0.25, -0.2) is 4.79 Å². The smallest absolute Gasteiger partial charge is 0.414 e. The van der Waals surface area contributed by atoms with Crippen molar-refractivity contribution in [3.8, 4) is 11.4 Å². The minimum Gasteiger partial charge on any atom is -0.494 e. The predicted molar refractivity (Wildman–Crippen MR) is 124 cm³/mol. The molecule has 0 bridgehead atoms. The summed E-state index contributed by atoms with van der Waals surface area (Å²) in [5.74, 6) is 0.0757. The number of anilines is 1. The van der Waals surface area contributed by atoms with E-state index in [4.69, 9.17) is 21.1 Å². The quantitative estimate of drug-likeness (QED) is 0.528. The molecule has 11 heteroatoms. The van der Waals surface area contributed by atoms with Crippen molar-refractivity contribution in [2.24, 2.45) is 0 Å². The number of nitrogens with one attached hydrogen (secondary N) is 1. The number of carbonyl (C=O) groups is 2. The van der Waals surface area contributed by atoms with Gasteiger partial charge in [-0.15, -0.1) is 11.3 Å². The van der Waals surface area contributed by atoms with E-state index in [0.717, 1.165) is 0 Å². The minimum absolute atomic E-state index is 0.148. The summed E-state index contributed by atoms with van der Waals surface area (Å²) in [5.41, 5.74) is 0.870. The van der Waals surface area contributed by atoms with Gasteiger partial charge >= 0.3 is 6.09 Å². The maximum atomic E-state index is 12.6. The number of aliphatic hydroxyl groups is 1. The first-order chi connectivity index (χ1) is 15.9. The largest absolute Gasteiger partial charge is 0.494 e. The van der Waals surface area contributed by atoms with Gasteiger partial charge in [0.1, 0.15) is 11.9 Å². The number of aliphatic hydroxyl groups excluding tert-OH is 1. The molecule has 0 aliphatic carbocycles. The van der Waals surface area contributed by atoms with E-state index >= 15 is 0 Å². The molecular formula is C22H20ClN3O6S. The first-order valence-corrected chi connectivity index (χ1v) is 11.1. The first kappa shape index (κ1) is 22.8. The minimum atomic E-state index is -0.553. The summed E-state index contributed by atoms with van der Waals surface area (Å²) < 4.78 is 12.7. The van der Waals surface area contributed by atoms with Crippen LogP contribution in [0.3, 0.4) is 0 Å². The van der Waals surface area contributed by atoms with Crippen molar-refractivity contribution in [1.29, 1.82) is 0 Å². The number of methoxy groups -OCH3 is 1. The van der Waals surface area contributed by atoms with E-state index in [1.54, 1.807) is 48.7 Å². The summed E-state index contributed by atoms with van der Waals surface area (Å²) >= 11 is 7.03. The molecule has 3 aromatic rings. The van der Waals surface area contributed by atoms with E-state index in [9.17, 15) is 19.5 Å². The molecule has 1 aromatic carbocycles. The molecule has 0 saturated carbocycles. The number of carbonyl (C=O) groups excluding carboxylic acids is 2.